The second kappa shape index (κ2) is 8.67. The number of nitrogens with zero attached hydrogens (tertiary/aromatic N) is 4. The Balaban J connectivity index is 2.00. The van der Waals surface area contributed by atoms with Crippen molar-refractivity contribution in [3.8, 4) is 11.5 Å². The number of fused-ring (bicyclic) bond motifs is 2. The Morgan fingerprint density at radius 1 is 1.20 bits per heavy atom. The lowest BCUT2D eigenvalue weighted by atomic mass is 10.1. The highest BCUT2D eigenvalue weighted by Crippen LogP contribution is 2.36. The van der Waals surface area contributed by atoms with Crippen LogP contribution in [0.2, 0.25) is 0 Å². The van der Waals surface area contributed by atoms with Crippen LogP contribution in [0.15, 0.2) is 21.7 Å². The van der Waals surface area contributed by atoms with Crippen LogP contribution in [0.3, 0.4) is 0 Å². The van der Waals surface area contributed by atoms with Crippen molar-refractivity contribution in [2.24, 2.45) is 0 Å². The number of hydrogen-bond donors (Lipinski definition) is 2. The molecule has 0 amide bonds. The molecule has 0 aliphatic carbocycles. The highest BCUT2D eigenvalue weighted by molar-refractivity contribution is 7.51. The van der Waals surface area contributed by atoms with Crippen LogP contribution in [0.4, 0.5) is 5.69 Å². The first-order valence-corrected chi connectivity index (χ1v) is 11.7. The molecule has 30 heavy (non-hydrogen) atoms. The fourth-order valence-corrected chi connectivity index (χ4v) is 3.89. The van der Waals surface area contributed by atoms with Gasteiger partial charge in [-0.25, -0.2) is 9.78 Å². The molecule has 1 atom stereocenters. The monoisotopic (exact) mass is 435 g/mol. The summed E-state index contributed by atoms with van der Waals surface area (Å²) in [6.07, 6.45) is 2.05. The zero-order valence-electron chi connectivity index (χ0n) is 17.5. The minimum atomic E-state index is -3.47. The predicted octanol–water partition coefficient (Wildman–Crippen LogP) is 1.96. The first-order chi connectivity index (χ1) is 14.1. The number of aromatic amines is 1. The number of rotatable bonds is 8. The summed E-state index contributed by atoms with van der Waals surface area (Å²) in [5.41, 5.74) is 2.28. The SMILES string of the molecule is Cc1cc2nc3c(=O)[nH]c(=O)nc-3n(CCCCCOP(C)(=O)O)c2cc1N(C)C. The van der Waals surface area contributed by atoms with Gasteiger partial charge >= 0.3 is 13.3 Å². The van der Waals surface area contributed by atoms with Gasteiger partial charge in [-0.15, -0.1) is 0 Å². The molecule has 2 aliphatic heterocycles. The number of unbranched alkanes of at least 4 members (excludes halogenated alkanes) is 2. The Bertz CT molecular complexity index is 1200. The van der Waals surface area contributed by atoms with E-state index in [2.05, 4.69) is 15.0 Å². The maximum absolute atomic E-state index is 12.3. The summed E-state index contributed by atoms with van der Waals surface area (Å²) in [4.78, 5) is 46.0. The van der Waals surface area contributed by atoms with Crippen LogP contribution in [0.1, 0.15) is 24.8 Å². The number of hydrogen-bond acceptors (Lipinski definition) is 7. The van der Waals surface area contributed by atoms with Crippen LogP contribution in [0.25, 0.3) is 22.6 Å². The number of benzene rings is 1. The number of anilines is 1. The molecule has 1 aromatic rings. The summed E-state index contributed by atoms with van der Waals surface area (Å²) < 4.78 is 17.9. The van der Waals surface area contributed by atoms with Crippen LogP contribution in [0.5, 0.6) is 0 Å². The minimum absolute atomic E-state index is 0.120. The molecule has 162 valence electrons. The van der Waals surface area contributed by atoms with Crippen molar-refractivity contribution in [1.29, 1.82) is 0 Å². The molecule has 1 unspecified atom stereocenters. The van der Waals surface area contributed by atoms with E-state index < -0.39 is 18.8 Å². The summed E-state index contributed by atoms with van der Waals surface area (Å²) in [6, 6.07) is 3.89. The molecule has 2 N–H and O–H groups in total. The van der Waals surface area contributed by atoms with Gasteiger partial charge in [0.15, 0.2) is 11.5 Å². The van der Waals surface area contributed by atoms with Gasteiger partial charge in [-0.3, -0.25) is 14.3 Å². The molecule has 11 heteroatoms. The topological polar surface area (TPSA) is 130 Å². The lowest BCUT2D eigenvalue weighted by molar-refractivity contribution is 0.257. The first-order valence-electron chi connectivity index (χ1n) is 9.64. The number of H-pyrrole nitrogens is 1. The van der Waals surface area contributed by atoms with Gasteiger partial charge in [0.1, 0.15) is 0 Å². The van der Waals surface area contributed by atoms with Crippen LogP contribution in [-0.2, 0) is 15.6 Å². The van der Waals surface area contributed by atoms with Gasteiger partial charge < -0.3 is 18.9 Å². The van der Waals surface area contributed by atoms with E-state index in [1.807, 2.05) is 42.6 Å². The molecule has 2 aliphatic rings. The molecule has 10 nitrogen and oxygen atoms in total. The second-order valence-electron chi connectivity index (χ2n) is 7.53. The van der Waals surface area contributed by atoms with Gasteiger partial charge in [0.25, 0.3) is 5.56 Å². The normalized spacial score (nSPS) is 13.6. The highest BCUT2D eigenvalue weighted by Gasteiger charge is 2.19. The number of aryl methyl sites for hydroxylation is 2. The van der Waals surface area contributed by atoms with Crippen LogP contribution >= 0.6 is 7.60 Å². The molecule has 0 fully saturated rings. The first kappa shape index (κ1) is 22.1. The van der Waals surface area contributed by atoms with Crippen molar-refractivity contribution in [3.05, 3.63) is 38.5 Å². The molecule has 0 spiro atoms. The molecule has 0 radical (unpaired) electrons. The highest BCUT2D eigenvalue weighted by atomic mass is 31.2. The fraction of sp³-hybridized carbons (Fsp3) is 0.474. The molecule has 0 saturated carbocycles. The summed E-state index contributed by atoms with van der Waals surface area (Å²) in [7, 11) is 0.418. The van der Waals surface area contributed by atoms with Gasteiger partial charge in [-0.05, 0) is 43.9 Å². The second-order valence-corrected chi connectivity index (χ2v) is 9.39. The maximum Gasteiger partial charge on any atom is 0.349 e. The van der Waals surface area contributed by atoms with Crippen molar-refractivity contribution >= 4 is 24.3 Å². The van der Waals surface area contributed by atoms with Crippen molar-refractivity contribution < 1.29 is 14.0 Å². The Labute approximate surface area is 173 Å². The van der Waals surface area contributed by atoms with Crippen molar-refractivity contribution in [1.82, 2.24) is 19.5 Å². The molecular formula is C19H26N5O5P. The average molecular weight is 435 g/mol. The zero-order valence-corrected chi connectivity index (χ0v) is 18.4. The maximum atomic E-state index is 12.3. The lowest BCUT2D eigenvalue weighted by Gasteiger charge is -2.21. The van der Waals surface area contributed by atoms with Gasteiger partial charge in [-0.2, -0.15) is 4.98 Å². The third kappa shape index (κ3) is 4.95. The third-order valence-electron chi connectivity index (χ3n) is 4.77. The van der Waals surface area contributed by atoms with E-state index in [9.17, 15) is 19.0 Å². The van der Waals surface area contributed by atoms with E-state index in [4.69, 9.17) is 4.52 Å². The van der Waals surface area contributed by atoms with Gasteiger partial charge in [0.2, 0.25) is 0 Å². The Hall–Kier alpha value is -2.55. The number of aromatic nitrogens is 4. The minimum Gasteiger partial charge on any atom is -0.377 e. The van der Waals surface area contributed by atoms with E-state index in [0.717, 1.165) is 29.9 Å². The van der Waals surface area contributed by atoms with E-state index in [-0.39, 0.29) is 18.1 Å². The van der Waals surface area contributed by atoms with E-state index in [1.165, 1.54) is 0 Å². The number of nitrogens with one attached hydrogen (secondary N) is 1. The molecule has 0 saturated heterocycles. The van der Waals surface area contributed by atoms with Crippen molar-refractivity contribution in [2.75, 3.05) is 32.3 Å². The third-order valence-corrected chi connectivity index (χ3v) is 5.43. The molecule has 0 bridgehead atoms. The standard InChI is InChI=1S/C19H26N5O5P/c1-12-10-13-15(11-14(12)23(2)3)24(8-6-5-7-9-29-30(4,27)28)17-16(20-13)18(25)22-19(26)21-17/h10-11H,5-9H2,1-4H3,(H,27,28)(H,22,25,26). The Morgan fingerprint density at radius 2 is 1.93 bits per heavy atom. The zero-order chi connectivity index (χ0) is 22.1. The van der Waals surface area contributed by atoms with E-state index >= 15 is 0 Å². The Kier molecular flexibility index (Phi) is 6.40. The van der Waals surface area contributed by atoms with Gasteiger partial charge in [-0.1, -0.05) is 0 Å². The van der Waals surface area contributed by atoms with E-state index in [1.54, 1.807) is 0 Å². The molecule has 2 heterocycles. The molecule has 0 aromatic heterocycles. The lowest BCUT2D eigenvalue weighted by Crippen LogP contribution is -2.29. The van der Waals surface area contributed by atoms with Crippen molar-refractivity contribution in [2.45, 2.75) is 32.7 Å². The summed E-state index contributed by atoms with van der Waals surface area (Å²) >= 11 is 0. The van der Waals surface area contributed by atoms with Gasteiger partial charge in [0.05, 0.1) is 17.6 Å². The molecule has 1 aromatic carbocycles. The fourth-order valence-electron chi connectivity index (χ4n) is 3.43. The van der Waals surface area contributed by atoms with Crippen LogP contribution in [0, 0.1) is 6.92 Å². The summed E-state index contributed by atoms with van der Waals surface area (Å²) in [6.45, 7) is 3.83. The average Bonchev–Trinajstić information content (AvgIpc) is 2.62. The van der Waals surface area contributed by atoms with Gasteiger partial charge in [0, 0.05) is 33.0 Å². The summed E-state index contributed by atoms with van der Waals surface area (Å²) in [5.74, 6) is 0.245. The molecule has 3 rings (SSSR count). The van der Waals surface area contributed by atoms with E-state index in [0.29, 0.717) is 24.9 Å². The van der Waals surface area contributed by atoms with Crippen LogP contribution in [-0.4, -0.2) is 51.8 Å². The predicted molar refractivity (Wildman–Crippen MR) is 116 cm³/mol. The molecular weight excluding hydrogens is 409 g/mol. The largest absolute Gasteiger partial charge is 0.377 e. The summed E-state index contributed by atoms with van der Waals surface area (Å²) in [5, 5.41) is 0. The van der Waals surface area contributed by atoms with Crippen molar-refractivity contribution in [3.63, 3.8) is 0 Å². The Morgan fingerprint density at radius 3 is 2.60 bits per heavy atom. The smallest absolute Gasteiger partial charge is 0.349 e. The quantitative estimate of drug-likeness (QED) is 0.312. The van der Waals surface area contributed by atoms with Crippen LogP contribution < -0.4 is 16.1 Å².